The predicted octanol–water partition coefficient (Wildman–Crippen LogP) is 4.18. The lowest BCUT2D eigenvalue weighted by molar-refractivity contribution is -0.114. The van der Waals surface area contributed by atoms with Crippen molar-refractivity contribution in [2.24, 2.45) is 5.92 Å². The fourth-order valence-electron chi connectivity index (χ4n) is 3.87. The average molecular weight is 534 g/mol. The van der Waals surface area contributed by atoms with Crippen molar-refractivity contribution in [3.8, 4) is 0 Å². The van der Waals surface area contributed by atoms with E-state index < -0.39 is 33.5 Å². The summed E-state index contributed by atoms with van der Waals surface area (Å²) in [7, 11) is -4.25. The molecule has 9 nitrogen and oxygen atoms in total. The first-order valence-electron chi connectivity index (χ1n) is 12.3. The molecular weight excluding hydrogens is 494 g/mol. The molecule has 0 heterocycles. The number of alkyl carbamates (subject to hydrolysis) is 1. The van der Waals surface area contributed by atoms with E-state index >= 15 is 0 Å². The molecule has 2 rings (SSSR count). The van der Waals surface area contributed by atoms with Gasteiger partial charge in [-0.15, -0.1) is 0 Å². The van der Waals surface area contributed by atoms with Crippen molar-refractivity contribution < 1.29 is 27.9 Å². The van der Waals surface area contributed by atoms with Gasteiger partial charge in [0.05, 0.1) is 4.90 Å². The van der Waals surface area contributed by atoms with Crippen LogP contribution in [-0.4, -0.2) is 42.9 Å². The van der Waals surface area contributed by atoms with Crippen LogP contribution in [0.4, 0.5) is 10.5 Å². The van der Waals surface area contributed by atoms with Crippen LogP contribution in [0.5, 0.6) is 0 Å². The summed E-state index contributed by atoms with van der Waals surface area (Å²) in [6, 6.07) is 15.0. The lowest BCUT2D eigenvalue weighted by atomic mass is 9.92. The van der Waals surface area contributed by atoms with Crippen LogP contribution in [-0.2, 0) is 26.0 Å². The highest BCUT2D eigenvalue weighted by atomic mass is 32.2. The summed E-state index contributed by atoms with van der Waals surface area (Å²) in [5, 5.41) is 16.7. The molecule has 2 aromatic rings. The second-order valence-electron chi connectivity index (χ2n) is 10.6. The Hall–Kier alpha value is -2.95. The Morgan fingerprint density at radius 1 is 1.00 bits per heavy atom. The summed E-state index contributed by atoms with van der Waals surface area (Å²) < 4.78 is 35.3. The standard InChI is InChI=1S/C27H39N3O6S/c1-19(2)18-27(36-25(33)29-26(4,5)6,24(32)17-12-21-10-8-7-9-11-21)30-37(34,35)23-15-13-22(14-16-23)28-20(3)31/h7-11,13-16,19,24,30,32H,12,17-18H2,1-6H3,(H,28,31)(H,29,33)/t24-,27?/m1/s1. The number of sulfonamides is 1. The number of aliphatic hydroxyl groups is 1. The third-order valence-corrected chi connectivity index (χ3v) is 6.85. The minimum absolute atomic E-state index is 0.0315. The third kappa shape index (κ3) is 9.79. The highest BCUT2D eigenvalue weighted by molar-refractivity contribution is 7.89. The maximum atomic E-state index is 13.5. The maximum Gasteiger partial charge on any atom is 0.409 e. The summed E-state index contributed by atoms with van der Waals surface area (Å²) in [6.07, 6.45) is -1.59. The number of carbonyl (C=O) groups is 2. The smallest absolute Gasteiger partial charge is 0.409 e. The van der Waals surface area contributed by atoms with Gasteiger partial charge in [-0.25, -0.2) is 13.2 Å². The van der Waals surface area contributed by atoms with Crippen LogP contribution in [0.1, 0.15) is 59.9 Å². The molecule has 1 unspecified atom stereocenters. The Bertz CT molecular complexity index is 1140. The van der Waals surface area contributed by atoms with Crippen LogP contribution in [0, 0.1) is 5.92 Å². The van der Waals surface area contributed by atoms with Gasteiger partial charge in [0.25, 0.3) is 0 Å². The number of hydrogen-bond donors (Lipinski definition) is 4. The molecule has 0 spiro atoms. The quantitative estimate of drug-likeness (QED) is 0.320. The SMILES string of the molecule is CC(=O)Nc1ccc(S(=O)(=O)NC(CC(C)C)(OC(=O)NC(C)(C)C)[C@H](O)CCc2ccccc2)cc1. The van der Waals surface area contributed by atoms with Crippen molar-refractivity contribution in [2.45, 2.75) is 83.1 Å². The lowest BCUT2D eigenvalue weighted by Gasteiger charge is -2.39. The molecule has 204 valence electrons. The van der Waals surface area contributed by atoms with E-state index in [4.69, 9.17) is 4.74 Å². The molecule has 2 aromatic carbocycles. The van der Waals surface area contributed by atoms with Crippen LogP contribution >= 0.6 is 0 Å². The van der Waals surface area contributed by atoms with Gasteiger partial charge < -0.3 is 20.5 Å². The second kappa shape index (κ2) is 12.5. The van der Waals surface area contributed by atoms with E-state index in [0.29, 0.717) is 12.1 Å². The van der Waals surface area contributed by atoms with Crippen LogP contribution in [0.25, 0.3) is 0 Å². The normalized spacial score (nSPS) is 14.5. The first-order valence-corrected chi connectivity index (χ1v) is 13.7. The van der Waals surface area contributed by atoms with Crippen molar-refractivity contribution in [3.63, 3.8) is 0 Å². The topological polar surface area (TPSA) is 134 Å². The van der Waals surface area contributed by atoms with E-state index in [-0.39, 0.29) is 29.6 Å². The van der Waals surface area contributed by atoms with Crippen LogP contribution in [0.2, 0.25) is 0 Å². The molecule has 2 amide bonds. The molecule has 2 atom stereocenters. The summed E-state index contributed by atoms with van der Waals surface area (Å²) in [4.78, 5) is 24.1. The first-order chi connectivity index (χ1) is 17.1. The molecular formula is C27H39N3O6S. The van der Waals surface area contributed by atoms with Gasteiger partial charge in [0.1, 0.15) is 6.10 Å². The average Bonchev–Trinajstić information content (AvgIpc) is 2.76. The van der Waals surface area contributed by atoms with Gasteiger partial charge in [-0.1, -0.05) is 44.2 Å². The van der Waals surface area contributed by atoms with Gasteiger partial charge in [-0.2, -0.15) is 4.72 Å². The number of benzene rings is 2. The Labute approximate surface area is 220 Å². The number of anilines is 1. The number of aliphatic hydroxyl groups excluding tert-OH is 1. The Kier molecular flexibility index (Phi) is 10.3. The highest BCUT2D eigenvalue weighted by Crippen LogP contribution is 2.29. The van der Waals surface area contributed by atoms with Crippen LogP contribution < -0.4 is 15.4 Å². The highest BCUT2D eigenvalue weighted by Gasteiger charge is 2.46. The number of rotatable bonds is 11. The number of nitrogens with one attached hydrogen (secondary N) is 3. The van der Waals surface area contributed by atoms with Crippen molar-refractivity contribution >= 4 is 27.7 Å². The molecule has 0 radical (unpaired) electrons. The minimum Gasteiger partial charge on any atom is -0.424 e. The maximum absolute atomic E-state index is 13.5. The monoisotopic (exact) mass is 533 g/mol. The largest absolute Gasteiger partial charge is 0.424 e. The summed E-state index contributed by atoms with van der Waals surface area (Å²) in [6.45, 7) is 10.4. The van der Waals surface area contributed by atoms with Crippen molar-refractivity contribution in [2.75, 3.05) is 5.32 Å². The number of aryl methyl sites for hydroxylation is 1. The first kappa shape index (κ1) is 30.3. The molecule has 0 aromatic heterocycles. The molecule has 37 heavy (non-hydrogen) atoms. The predicted molar refractivity (Wildman–Crippen MR) is 143 cm³/mol. The molecule has 0 aliphatic rings. The van der Waals surface area contributed by atoms with E-state index in [1.54, 1.807) is 20.8 Å². The molecule has 10 heteroatoms. The fourth-order valence-corrected chi connectivity index (χ4v) is 5.20. The summed E-state index contributed by atoms with van der Waals surface area (Å²) in [5.74, 6) is -0.428. The molecule has 4 N–H and O–H groups in total. The van der Waals surface area contributed by atoms with Crippen LogP contribution in [0.3, 0.4) is 0 Å². The zero-order valence-corrected chi connectivity index (χ0v) is 23.2. The van der Waals surface area contributed by atoms with Gasteiger partial charge in [0.15, 0.2) is 0 Å². The van der Waals surface area contributed by atoms with Gasteiger partial charge in [0, 0.05) is 24.6 Å². The van der Waals surface area contributed by atoms with Crippen molar-refractivity contribution in [1.82, 2.24) is 10.0 Å². The zero-order valence-electron chi connectivity index (χ0n) is 22.4. The van der Waals surface area contributed by atoms with Crippen molar-refractivity contribution in [1.29, 1.82) is 0 Å². The Balaban J connectivity index is 2.44. The summed E-state index contributed by atoms with van der Waals surface area (Å²) in [5.41, 5.74) is -1.19. The van der Waals surface area contributed by atoms with Gasteiger partial charge in [-0.3, -0.25) is 4.79 Å². The van der Waals surface area contributed by atoms with Crippen molar-refractivity contribution in [3.05, 3.63) is 60.2 Å². The second-order valence-corrected chi connectivity index (χ2v) is 12.3. The lowest BCUT2D eigenvalue weighted by Crippen LogP contribution is -2.61. The third-order valence-electron chi connectivity index (χ3n) is 5.34. The van der Waals surface area contributed by atoms with E-state index in [1.165, 1.54) is 31.2 Å². The van der Waals surface area contributed by atoms with E-state index in [1.807, 2.05) is 44.2 Å². The van der Waals surface area contributed by atoms with Gasteiger partial charge >= 0.3 is 6.09 Å². The minimum atomic E-state index is -4.25. The zero-order chi connectivity index (χ0) is 27.9. The molecule has 0 bridgehead atoms. The van der Waals surface area contributed by atoms with Gasteiger partial charge in [0.2, 0.25) is 21.7 Å². The molecule has 0 aliphatic heterocycles. The van der Waals surface area contributed by atoms with E-state index in [2.05, 4.69) is 15.4 Å². The number of hydrogen-bond acceptors (Lipinski definition) is 6. The number of ether oxygens (including phenoxy) is 1. The summed E-state index contributed by atoms with van der Waals surface area (Å²) >= 11 is 0. The molecule has 0 saturated carbocycles. The van der Waals surface area contributed by atoms with Gasteiger partial charge in [-0.05, 0) is 69.4 Å². The molecule has 0 fully saturated rings. The Morgan fingerprint density at radius 2 is 1.59 bits per heavy atom. The number of amides is 2. The number of carbonyl (C=O) groups excluding carboxylic acids is 2. The fraction of sp³-hybridized carbons (Fsp3) is 0.481. The van der Waals surface area contributed by atoms with E-state index in [9.17, 15) is 23.1 Å². The Morgan fingerprint density at radius 3 is 2.11 bits per heavy atom. The molecule has 0 aliphatic carbocycles. The van der Waals surface area contributed by atoms with Crippen LogP contribution in [0.15, 0.2) is 59.5 Å². The molecule has 0 saturated heterocycles. The van der Waals surface area contributed by atoms with E-state index in [0.717, 1.165) is 5.56 Å².